The van der Waals surface area contributed by atoms with E-state index >= 15 is 0 Å². The highest BCUT2D eigenvalue weighted by Gasteiger charge is 2.31. The molecule has 2 atom stereocenters. The number of amides is 1. The number of rotatable bonds is 3. The summed E-state index contributed by atoms with van der Waals surface area (Å²) in [6, 6.07) is 7.86. The van der Waals surface area contributed by atoms with Gasteiger partial charge in [-0.3, -0.25) is 4.79 Å². The lowest BCUT2D eigenvalue weighted by atomic mass is 9.95. The molecule has 4 heteroatoms. The van der Waals surface area contributed by atoms with E-state index in [2.05, 4.69) is 27.9 Å². The van der Waals surface area contributed by atoms with Crippen molar-refractivity contribution >= 4 is 34.2 Å². The molecular weight excluding hydrogens is 327 g/mol. The molecule has 0 saturated heterocycles. The van der Waals surface area contributed by atoms with Gasteiger partial charge in [0.25, 0.3) is 0 Å². The predicted molar refractivity (Wildman–Crippen MR) is 77.7 cm³/mol. The molecule has 1 fully saturated rings. The average molecular weight is 344 g/mol. The van der Waals surface area contributed by atoms with Crippen LogP contribution in [0.5, 0.6) is 0 Å². The maximum Gasteiger partial charge on any atom is 0.227 e. The molecule has 0 unspecified atom stereocenters. The van der Waals surface area contributed by atoms with E-state index in [1.807, 2.05) is 24.3 Å². The molecule has 2 rings (SSSR count). The number of anilines is 1. The van der Waals surface area contributed by atoms with E-state index in [0.29, 0.717) is 12.5 Å². The first-order chi connectivity index (χ1) is 8.20. The molecule has 1 amide bonds. The van der Waals surface area contributed by atoms with Crippen molar-refractivity contribution < 1.29 is 4.79 Å². The van der Waals surface area contributed by atoms with Gasteiger partial charge >= 0.3 is 0 Å². The molecule has 0 aliphatic heterocycles. The van der Waals surface area contributed by atoms with Gasteiger partial charge in [0.1, 0.15) is 0 Å². The van der Waals surface area contributed by atoms with Crippen LogP contribution in [0, 0.1) is 15.4 Å². The van der Waals surface area contributed by atoms with Gasteiger partial charge in [0, 0.05) is 15.2 Å². The summed E-state index contributed by atoms with van der Waals surface area (Å²) in [6.45, 7) is 0.615. The molecule has 0 radical (unpaired) electrons. The van der Waals surface area contributed by atoms with Gasteiger partial charge in [-0.15, -0.1) is 0 Å². The number of nitrogens with two attached hydrogens (primary N) is 1. The molecule has 0 heterocycles. The smallest absolute Gasteiger partial charge is 0.227 e. The molecular formula is C13H17IN2O. The van der Waals surface area contributed by atoms with Gasteiger partial charge in [-0.05, 0) is 66.1 Å². The summed E-state index contributed by atoms with van der Waals surface area (Å²) in [6.07, 6.45) is 3.17. The Labute approximate surface area is 115 Å². The van der Waals surface area contributed by atoms with E-state index in [4.69, 9.17) is 5.73 Å². The first-order valence-corrected chi connectivity index (χ1v) is 7.05. The van der Waals surface area contributed by atoms with E-state index in [1.54, 1.807) is 0 Å². The van der Waals surface area contributed by atoms with Crippen molar-refractivity contribution in [1.29, 1.82) is 0 Å². The fourth-order valence-corrected chi connectivity index (χ4v) is 3.01. The lowest BCUT2D eigenvalue weighted by Crippen LogP contribution is -2.29. The zero-order valence-corrected chi connectivity index (χ0v) is 11.8. The van der Waals surface area contributed by atoms with E-state index in [0.717, 1.165) is 28.5 Å². The number of carbonyl (C=O) groups excluding carboxylic acids is 1. The molecule has 1 aromatic carbocycles. The van der Waals surface area contributed by atoms with Crippen LogP contribution in [0.3, 0.4) is 0 Å². The lowest BCUT2D eigenvalue weighted by molar-refractivity contribution is -0.120. The minimum atomic E-state index is 0.0952. The second-order valence-electron chi connectivity index (χ2n) is 4.53. The maximum absolute atomic E-state index is 12.1. The monoisotopic (exact) mass is 344 g/mol. The topological polar surface area (TPSA) is 55.1 Å². The van der Waals surface area contributed by atoms with Crippen LogP contribution in [0.15, 0.2) is 24.3 Å². The quantitative estimate of drug-likeness (QED) is 0.829. The number of nitrogens with one attached hydrogen (secondary N) is 1. The van der Waals surface area contributed by atoms with Crippen molar-refractivity contribution in [3.05, 3.63) is 27.8 Å². The zero-order valence-electron chi connectivity index (χ0n) is 9.66. The fourth-order valence-electron chi connectivity index (χ4n) is 2.47. The minimum Gasteiger partial charge on any atom is -0.330 e. The summed E-state index contributed by atoms with van der Waals surface area (Å²) in [7, 11) is 0. The Balaban J connectivity index is 2.01. The van der Waals surface area contributed by atoms with Gasteiger partial charge in [0.15, 0.2) is 0 Å². The molecule has 1 aliphatic carbocycles. The van der Waals surface area contributed by atoms with E-state index in [9.17, 15) is 4.79 Å². The molecule has 0 bridgehead atoms. The molecule has 3 nitrogen and oxygen atoms in total. The molecule has 1 aliphatic rings. The fraction of sp³-hybridized carbons (Fsp3) is 0.462. The van der Waals surface area contributed by atoms with Gasteiger partial charge in [0.2, 0.25) is 5.91 Å². The van der Waals surface area contributed by atoms with Crippen LogP contribution in [0.4, 0.5) is 5.69 Å². The highest BCUT2D eigenvalue weighted by atomic mass is 127. The highest BCUT2D eigenvalue weighted by molar-refractivity contribution is 14.1. The van der Waals surface area contributed by atoms with Crippen molar-refractivity contribution in [3.8, 4) is 0 Å². The normalized spacial score (nSPS) is 23.6. The number of halogens is 1. The predicted octanol–water partition coefficient (Wildman–Crippen LogP) is 2.60. The number of carbonyl (C=O) groups is 1. The number of hydrogen-bond donors (Lipinski definition) is 2. The van der Waals surface area contributed by atoms with Gasteiger partial charge in [-0.2, -0.15) is 0 Å². The van der Waals surface area contributed by atoms with Crippen LogP contribution in [0.2, 0.25) is 0 Å². The van der Waals surface area contributed by atoms with Crippen molar-refractivity contribution in [2.45, 2.75) is 19.3 Å². The van der Waals surface area contributed by atoms with Crippen LogP contribution >= 0.6 is 22.6 Å². The standard InChI is InChI=1S/C13H17IN2O/c14-10-4-2-5-11(7-10)16-13(17)12-6-1-3-9(12)8-15/h2,4-5,7,9,12H,1,3,6,8,15H2,(H,16,17)/t9-,12-/m1/s1. The largest absolute Gasteiger partial charge is 0.330 e. The highest BCUT2D eigenvalue weighted by Crippen LogP contribution is 2.31. The third-order valence-corrected chi connectivity index (χ3v) is 4.06. The van der Waals surface area contributed by atoms with Gasteiger partial charge in [-0.1, -0.05) is 12.5 Å². The average Bonchev–Trinajstić information content (AvgIpc) is 2.77. The van der Waals surface area contributed by atoms with Gasteiger partial charge in [-0.25, -0.2) is 0 Å². The van der Waals surface area contributed by atoms with Crippen LogP contribution in [-0.4, -0.2) is 12.5 Å². The van der Waals surface area contributed by atoms with Crippen molar-refractivity contribution in [1.82, 2.24) is 0 Å². The first-order valence-electron chi connectivity index (χ1n) is 5.97. The Hall–Kier alpha value is -0.620. The Bertz CT molecular complexity index is 408. The van der Waals surface area contributed by atoms with Crippen LogP contribution in [-0.2, 0) is 4.79 Å². The van der Waals surface area contributed by atoms with Crippen molar-refractivity contribution in [2.75, 3.05) is 11.9 Å². The second kappa shape index (κ2) is 5.82. The maximum atomic E-state index is 12.1. The van der Waals surface area contributed by atoms with Crippen LogP contribution in [0.1, 0.15) is 19.3 Å². The van der Waals surface area contributed by atoms with Crippen molar-refractivity contribution in [2.24, 2.45) is 17.6 Å². The molecule has 17 heavy (non-hydrogen) atoms. The van der Waals surface area contributed by atoms with E-state index in [-0.39, 0.29) is 11.8 Å². The summed E-state index contributed by atoms with van der Waals surface area (Å²) >= 11 is 2.24. The van der Waals surface area contributed by atoms with Crippen LogP contribution < -0.4 is 11.1 Å². The zero-order chi connectivity index (χ0) is 12.3. The molecule has 0 spiro atoms. The molecule has 92 valence electrons. The van der Waals surface area contributed by atoms with Gasteiger partial charge < -0.3 is 11.1 Å². The van der Waals surface area contributed by atoms with E-state index in [1.165, 1.54) is 0 Å². The van der Waals surface area contributed by atoms with Crippen LogP contribution in [0.25, 0.3) is 0 Å². The molecule has 3 N–H and O–H groups in total. The summed E-state index contributed by atoms with van der Waals surface area (Å²) in [4.78, 5) is 12.1. The number of hydrogen-bond acceptors (Lipinski definition) is 2. The third-order valence-electron chi connectivity index (χ3n) is 3.39. The SMILES string of the molecule is NC[C@H]1CCC[C@H]1C(=O)Nc1cccc(I)c1. The molecule has 0 aromatic heterocycles. The second-order valence-corrected chi connectivity index (χ2v) is 5.78. The summed E-state index contributed by atoms with van der Waals surface area (Å²) in [5.74, 6) is 0.579. The Morgan fingerprint density at radius 2 is 2.29 bits per heavy atom. The minimum absolute atomic E-state index is 0.0952. The lowest BCUT2D eigenvalue weighted by Gasteiger charge is -2.17. The van der Waals surface area contributed by atoms with E-state index < -0.39 is 0 Å². The van der Waals surface area contributed by atoms with Gasteiger partial charge in [0.05, 0.1) is 0 Å². The van der Waals surface area contributed by atoms with Crippen molar-refractivity contribution in [3.63, 3.8) is 0 Å². The Morgan fingerprint density at radius 3 is 3.00 bits per heavy atom. The number of benzene rings is 1. The summed E-state index contributed by atoms with van der Waals surface area (Å²) in [5, 5.41) is 2.99. The Kier molecular flexibility index (Phi) is 4.39. The molecule has 1 saturated carbocycles. The summed E-state index contributed by atoms with van der Waals surface area (Å²) in [5.41, 5.74) is 6.58. The Morgan fingerprint density at radius 1 is 1.47 bits per heavy atom. The summed E-state index contributed by atoms with van der Waals surface area (Å²) < 4.78 is 1.13. The third kappa shape index (κ3) is 3.19. The molecule has 1 aromatic rings. The first kappa shape index (κ1) is 12.8.